The average molecular weight is 172 g/mol. The van der Waals surface area contributed by atoms with Gasteiger partial charge in [0.15, 0.2) is 0 Å². The molecule has 71 valence electrons. The Labute approximate surface area is 74.7 Å². The third kappa shape index (κ3) is 5.13. The van der Waals surface area contributed by atoms with E-state index in [1.54, 1.807) is 13.3 Å². The normalized spacial score (nSPS) is 13.1. The van der Waals surface area contributed by atoms with E-state index in [0.717, 1.165) is 6.42 Å². The molecule has 0 aromatic carbocycles. The van der Waals surface area contributed by atoms with Crippen LogP contribution in [0.1, 0.15) is 20.3 Å². The highest BCUT2D eigenvalue weighted by Gasteiger charge is 2.08. The number of nitrogens with zero attached hydrogens (tertiary/aromatic N) is 1. The number of esters is 1. The first-order valence-corrected chi connectivity index (χ1v) is 4.24. The molecule has 0 aromatic rings. The minimum Gasteiger partial charge on any atom is -0.466 e. The van der Waals surface area contributed by atoms with E-state index in [4.69, 9.17) is 4.74 Å². The fourth-order valence-corrected chi connectivity index (χ4v) is 0.679. The summed E-state index contributed by atoms with van der Waals surface area (Å²) in [5, 5.41) is 0. The lowest BCUT2D eigenvalue weighted by Gasteiger charge is -2.18. The summed E-state index contributed by atoms with van der Waals surface area (Å²) in [5.41, 5.74) is 0. The lowest BCUT2D eigenvalue weighted by molar-refractivity contribution is -0.139. The van der Waals surface area contributed by atoms with Gasteiger partial charge >= 0.3 is 5.97 Å². The molecule has 0 aliphatic carbocycles. The summed E-state index contributed by atoms with van der Waals surface area (Å²) in [6.45, 7) is 4.32. The predicted molar refractivity (Wildman–Crippen MR) is 48.7 cm³/mol. The molecule has 0 rings (SSSR count). The summed E-state index contributed by atoms with van der Waals surface area (Å²) >= 11 is 0. The number of hydrogen-bond donors (Lipinski definition) is 0. The molecule has 0 amide bonds. The van der Waals surface area contributed by atoms with Gasteiger partial charge in [0.1, 0.15) is 0 Å². The van der Waals surface area contributed by atoms with Gasteiger partial charge in [-0.25, -0.2) is 0 Å². The van der Waals surface area contributed by atoms with Gasteiger partial charge in [-0.2, -0.15) is 0 Å². The fraction of sp³-hybridized carbons (Fsp3) is 0.778. The quantitative estimate of drug-likeness (QED) is 0.581. The Morgan fingerprint density at radius 2 is 2.17 bits per heavy atom. The number of hydrogen-bond acceptors (Lipinski definition) is 3. The Morgan fingerprint density at radius 3 is 2.58 bits per heavy atom. The minimum atomic E-state index is -0.216. The zero-order valence-electron chi connectivity index (χ0n) is 8.33. The van der Waals surface area contributed by atoms with E-state index in [0.29, 0.717) is 12.6 Å². The first-order valence-electron chi connectivity index (χ1n) is 4.24. The van der Waals surface area contributed by atoms with Crippen molar-refractivity contribution in [3.05, 3.63) is 6.42 Å². The van der Waals surface area contributed by atoms with Gasteiger partial charge in [0.05, 0.1) is 13.0 Å². The van der Waals surface area contributed by atoms with E-state index in [2.05, 4.69) is 11.8 Å². The third-order valence-corrected chi connectivity index (χ3v) is 1.79. The molecule has 0 aliphatic heterocycles. The molecule has 0 aliphatic rings. The van der Waals surface area contributed by atoms with Crippen LogP contribution >= 0.6 is 0 Å². The number of rotatable bonds is 5. The zero-order valence-corrected chi connectivity index (χ0v) is 8.33. The zero-order chi connectivity index (χ0) is 9.56. The Kier molecular flexibility index (Phi) is 5.72. The molecule has 1 radical (unpaired) electrons. The fourth-order valence-electron chi connectivity index (χ4n) is 0.679. The van der Waals surface area contributed by atoms with Crippen molar-refractivity contribution in [2.45, 2.75) is 26.3 Å². The largest absolute Gasteiger partial charge is 0.466 e. The van der Waals surface area contributed by atoms with E-state index in [1.807, 2.05) is 14.1 Å². The van der Waals surface area contributed by atoms with Crippen molar-refractivity contribution < 1.29 is 9.53 Å². The molecule has 12 heavy (non-hydrogen) atoms. The summed E-state index contributed by atoms with van der Waals surface area (Å²) < 4.78 is 4.76. The van der Waals surface area contributed by atoms with Crippen LogP contribution in [0, 0.1) is 6.42 Å². The van der Waals surface area contributed by atoms with Crippen LogP contribution in [0.2, 0.25) is 0 Å². The highest BCUT2D eigenvalue weighted by atomic mass is 16.5. The molecule has 0 saturated carbocycles. The SMILES string of the molecule is CCOC(=O)[CH]CC(C)N(C)C. The highest BCUT2D eigenvalue weighted by Crippen LogP contribution is 2.01. The van der Waals surface area contributed by atoms with E-state index in [9.17, 15) is 4.79 Å². The van der Waals surface area contributed by atoms with E-state index >= 15 is 0 Å². The van der Waals surface area contributed by atoms with Gasteiger partial charge < -0.3 is 9.64 Å². The molecular formula is C9H18NO2. The lowest BCUT2D eigenvalue weighted by atomic mass is 10.2. The lowest BCUT2D eigenvalue weighted by Crippen LogP contribution is -2.25. The van der Waals surface area contributed by atoms with Crippen LogP contribution in [0.3, 0.4) is 0 Å². The Morgan fingerprint density at radius 1 is 1.58 bits per heavy atom. The van der Waals surface area contributed by atoms with Crippen molar-refractivity contribution >= 4 is 5.97 Å². The topological polar surface area (TPSA) is 29.5 Å². The molecule has 0 spiro atoms. The molecule has 0 bridgehead atoms. The molecular weight excluding hydrogens is 154 g/mol. The minimum absolute atomic E-state index is 0.216. The molecule has 0 N–H and O–H groups in total. The van der Waals surface area contributed by atoms with Crippen LogP contribution in [0.25, 0.3) is 0 Å². The van der Waals surface area contributed by atoms with E-state index in [-0.39, 0.29) is 5.97 Å². The van der Waals surface area contributed by atoms with Gasteiger partial charge in [0, 0.05) is 6.04 Å². The Hall–Kier alpha value is -0.570. The molecule has 0 fully saturated rings. The van der Waals surface area contributed by atoms with Crippen molar-refractivity contribution in [1.82, 2.24) is 4.90 Å². The first kappa shape index (κ1) is 11.4. The van der Waals surface area contributed by atoms with Crippen LogP contribution in [-0.4, -0.2) is 37.6 Å². The van der Waals surface area contributed by atoms with E-state index < -0.39 is 0 Å². The van der Waals surface area contributed by atoms with Gasteiger partial charge in [-0.1, -0.05) is 0 Å². The molecule has 0 aromatic heterocycles. The van der Waals surface area contributed by atoms with Crippen LogP contribution in [0.4, 0.5) is 0 Å². The Bertz CT molecular complexity index is 134. The van der Waals surface area contributed by atoms with Crippen molar-refractivity contribution in [3.63, 3.8) is 0 Å². The molecule has 0 saturated heterocycles. The summed E-state index contributed by atoms with van der Waals surface area (Å²) in [5.74, 6) is -0.216. The highest BCUT2D eigenvalue weighted by molar-refractivity contribution is 5.78. The second-order valence-corrected chi connectivity index (χ2v) is 3.00. The second-order valence-electron chi connectivity index (χ2n) is 3.00. The van der Waals surface area contributed by atoms with Gasteiger partial charge in [0.2, 0.25) is 0 Å². The number of carbonyl (C=O) groups is 1. The van der Waals surface area contributed by atoms with Gasteiger partial charge in [-0.15, -0.1) is 0 Å². The van der Waals surface area contributed by atoms with Crippen LogP contribution in [0.15, 0.2) is 0 Å². The van der Waals surface area contributed by atoms with Crippen molar-refractivity contribution in [1.29, 1.82) is 0 Å². The standard InChI is InChI=1S/C9H18NO2/c1-5-12-9(11)7-6-8(2)10(3)4/h7-8H,5-6H2,1-4H3. The summed E-state index contributed by atoms with van der Waals surface area (Å²) in [6.07, 6.45) is 2.33. The maximum atomic E-state index is 10.9. The first-order chi connectivity index (χ1) is 5.57. The Balaban J connectivity index is 3.47. The molecule has 1 atom stereocenters. The monoisotopic (exact) mass is 172 g/mol. The second kappa shape index (κ2) is 6.00. The van der Waals surface area contributed by atoms with Crippen LogP contribution in [-0.2, 0) is 9.53 Å². The molecule has 0 heterocycles. The van der Waals surface area contributed by atoms with Gasteiger partial charge in [-0.05, 0) is 34.4 Å². The van der Waals surface area contributed by atoms with Crippen molar-refractivity contribution in [2.75, 3.05) is 20.7 Å². The number of carbonyl (C=O) groups excluding carboxylic acids is 1. The van der Waals surface area contributed by atoms with Crippen LogP contribution in [0.5, 0.6) is 0 Å². The van der Waals surface area contributed by atoms with Crippen molar-refractivity contribution in [3.8, 4) is 0 Å². The smallest absolute Gasteiger partial charge is 0.309 e. The summed E-state index contributed by atoms with van der Waals surface area (Å²) in [6, 6.07) is 0.384. The molecule has 3 nitrogen and oxygen atoms in total. The maximum Gasteiger partial charge on any atom is 0.309 e. The van der Waals surface area contributed by atoms with Gasteiger partial charge in [-0.3, -0.25) is 4.79 Å². The third-order valence-electron chi connectivity index (χ3n) is 1.79. The average Bonchev–Trinajstić information content (AvgIpc) is 2.00. The van der Waals surface area contributed by atoms with Crippen molar-refractivity contribution in [2.24, 2.45) is 0 Å². The predicted octanol–water partition coefficient (Wildman–Crippen LogP) is 1.09. The van der Waals surface area contributed by atoms with E-state index in [1.165, 1.54) is 0 Å². The van der Waals surface area contributed by atoms with Crippen LogP contribution < -0.4 is 0 Å². The summed E-state index contributed by atoms with van der Waals surface area (Å²) in [7, 11) is 3.98. The molecule has 1 unspecified atom stereocenters. The van der Waals surface area contributed by atoms with Gasteiger partial charge in [0.25, 0.3) is 0 Å². The molecule has 3 heteroatoms. The summed E-state index contributed by atoms with van der Waals surface area (Å²) in [4.78, 5) is 12.9. The number of ether oxygens (including phenoxy) is 1. The maximum absolute atomic E-state index is 10.9.